The molecular formula is C21H18ClN5O2S. The van der Waals surface area contributed by atoms with Crippen molar-refractivity contribution in [2.75, 3.05) is 10.3 Å². The first-order valence-corrected chi connectivity index (χ1v) is 10.4. The summed E-state index contributed by atoms with van der Waals surface area (Å²) < 4.78 is 0. The number of nitrogens with one attached hydrogen (secondary N) is 1. The molecule has 0 unspecified atom stereocenters. The molecule has 1 aliphatic rings. The number of thiazole rings is 1. The fourth-order valence-electron chi connectivity index (χ4n) is 3.15. The van der Waals surface area contributed by atoms with Gasteiger partial charge in [0.15, 0.2) is 5.13 Å². The van der Waals surface area contributed by atoms with E-state index in [1.807, 2.05) is 54.6 Å². The smallest absolute Gasteiger partial charge is 0.273 e. The number of aromatic nitrogens is 1. The lowest BCUT2D eigenvalue weighted by Crippen LogP contribution is -2.39. The third kappa shape index (κ3) is 4.50. The van der Waals surface area contributed by atoms with Gasteiger partial charge in [-0.05, 0) is 29.8 Å². The predicted octanol–water partition coefficient (Wildman–Crippen LogP) is 3.45. The molecule has 2 aromatic carbocycles. The molecule has 30 heavy (non-hydrogen) atoms. The molecule has 0 radical (unpaired) electrons. The van der Waals surface area contributed by atoms with Crippen LogP contribution >= 0.6 is 22.9 Å². The van der Waals surface area contributed by atoms with E-state index in [9.17, 15) is 9.59 Å². The van der Waals surface area contributed by atoms with E-state index in [-0.39, 0.29) is 12.1 Å². The summed E-state index contributed by atoms with van der Waals surface area (Å²) in [4.78, 5) is 29.8. The fraction of sp³-hybridized carbons (Fsp3) is 0.143. The van der Waals surface area contributed by atoms with Gasteiger partial charge in [-0.1, -0.05) is 41.9 Å². The van der Waals surface area contributed by atoms with Gasteiger partial charge in [0.1, 0.15) is 11.8 Å². The van der Waals surface area contributed by atoms with Gasteiger partial charge >= 0.3 is 0 Å². The number of primary amides is 1. The molecule has 0 saturated carbocycles. The maximum atomic E-state index is 12.7. The van der Waals surface area contributed by atoms with Gasteiger partial charge in [-0.25, -0.2) is 4.98 Å². The second kappa shape index (κ2) is 8.64. The average Bonchev–Trinajstić information content (AvgIpc) is 3.36. The van der Waals surface area contributed by atoms with Crippen LogP contribution in [0.4, 0.5) is 10.8 Å². The van der Waals surface area contributed by atoms with Crippen LogP contribution in [0.5, 0.6) is 0 Å². The Bertz CT molecular complexity index is 1120. The van der Waals surface area contributed by atoms with Gasteiger partial charge in [-0.15, -0.1) is 11.3 Å². The molecule has 2 amide bonds. The number of carbonyl (C=O) groups excluding carboxylic acids is 2. The molecule has 1 atom stereocenters. The van der Waals surface area contributed by atoms with Crippen molar-refractivity contribution < 1.29 is 9.59 Å². The second-order valence-electron chi connectivity index (χ2n) is 6.74. The Hall–Kier alpha value is -3.23. The topological polar surface area (TPSA) is 101 Å². The van der Waals surface area contributed by atoms with Crippen LogP contribution in [0.2, 0.25) is 5.02 Å². The van der Waals surface area contributed by atoms with Crippen molar-refractivity contribution in [1.82, 2.24) is 4.98 Å². The number of hydrogen-bond acceptors (Lipinski definition) is 6. The number of halogens is 1. The van der Waals surface area contributed by atoms with Crippen molar-refractivity contribution in [1.29, 1.82) is 0 Å². The summed E-state index contributed by atoms with van der Waals surface area (Å²) in [5.41, 5.74) is 7.51. The zero-order valence-electron chi connectivity index (χ0n) is 15.8. The lowest BCUT2D eigenvalue weighted by molar-refractivity contribution is -0.119. The molecule has 3 N–H and O–H groups in total. The van der Waals surface area contributed by atoms with Crippen LogP contribution in [0.1, 0.15) is 16.9 Å². The third-order valence-electron chi connectivity index (χ3n) is 4.56. The Labute approximate surface area is 182 Å². The zero-order valence-corrected chi connectivity index (χ0v) is 17.4. The van der Waals surface area contributed by atoms with E-state index in [1.165, 1.54) is 16.3 Å². The Morgan fingerprint density at radius 3 is 2.73 bits per heavy atom. The molecule has 7 nitrogen and oxygen atoms in total. The van der Waals surface area contributed by atoms with Crippen molar-refractivity contribution in [2.24, 2.45) is 10.8 Å². The first-order chi connectivity index (χ1) is 14.5. The molecule has 2 heterocycles. The van der Waals surface area contributed by atoms with E-state index in [2.05, 4.69) is 15.4 Å². The number of amides is 2. The number of para-hydroxylation sites is 1. The quantitative estimate of drug-likeness (QED) is 0.614. The Morgan fingerprint density at radius 1 is 1.20 bits per heavy atom. The molecule has 1 aromatic heterocycles. The van der Waals surface area contributed by atoms with Gasteiger partial charge in [0.2, 0.25) is 5.91 Å². The zero-order chi connectivity index (χ0) is 21.1. The molecular weight excluding hydrogens is 422 g/mol. The van der Waals surface area contributed by atoms with Gasteiger partial charge in [-0.3, -0.25) is 19.9 Å². The Morgan fingerprint density at radius 2 is 2.00 bits per heavy atom. The monoisotopic (exact) mass is 439 g/mol. The number of hydrazone groups is 1. The van der Waals surface area contributed by atoms with E-state index < -0.39 is 17.9 Å². The largest absolute Gasteiger partial charge is 0.368 e. The van der Waals surface area contributed by atoms with Crippen LogP contribution in [0.3, 0.4) is 0 Å². The van der Waals surface area contributed by atoms with Crippen molar-refractivity contribution in [2.45, 2.75) is 18.9 Å². The highest BCUT2D eigenvalue weighted by Gasteiger charge is 2.35. The van der Waals surface area contributed by atoms with E-state index in [0.29, 0.717) is 22.3 Å². The van der Waals surface area contributed by atoms with Crippen molar-refractivity contribution in [3.05, 3.63) is 76.3 Å². The average molecular weight is 440 g/mol. The number of benzene rings is 2. The minimum atomic E-state index is -0.706. The third-order valence-corrected chi connectivity index (χ3v) is 5.71. The Kier molecular flexibility index (Phi) is 5.78. The van der Waals surface area contributed by atoms with Crippen molar-refractivity contribution >= 4 is 51.3 Å². The van der Waals surface area contributed by atoms with Crippen molar-refractivity contribution in [3.63, 3.8) is 0 Å². The minimum Gasteiger partial charge on any atom is -0.368 e. The van der Waals surface area contributed by atoms with E-state index in [1.54, 1.807) is 6.20 Å². The summed E-state index contributed by atoms with van der Waals surface area (Å²) >= 11 is 7.41. The van der Waals surface area contributed by atoms with Crippen LogP contribution in [-0.4, -0.2) is 28.6 Å². The van der Waals surface area contributed by atoms with E-state index in [0.717, 1.165) is 10.4 Å². The van der Waals surface area contributed by atoms with Gasteiger partial charge in [0.25, 0.3) is 5.91 Å². The molecule has 0 aliphatic carbocycles. The molecule has 152 valence electrons. The van der Waals surface area contributed by atoms with Gasteiger partial charge in [0.05, 0.1) is 5.69 Å². The van der Waals surface area contributed by atoms with E-state index >= 15 is 0 Å². The van der Waals surface area contributed by atoms with Crippen LogP contribution in [0.15, 0.2) is 65.9 Å². The fourth-order valence-corrected chi connectivity index (χ4v) is 4.21. The highest BCUT2D eigenvalue weighted by molar-refractivity contribution is 7.15. The van der Waals surface area contributed by atoms with Gasteiger partial charge < -0.3 is 5.73 Å². The standard InChI is InChI=1S/C21H18ClN5O2S/c22-14-6-4-5-13(9-14)10-16-12-24-21(30-16)25-20(29)17-11-18(19(23)28)27(26-17)15-7-2-1-3-8-15/h1-9,12,18H,10-11H2,(H2,23,28)(H,24,25,29)/t18-/m0/s1. The van der Waals surface area contributed by atoms with Crippen molar-refractivity contribution in [3.8, 4) is 0 Å². The summed E-state index contributed by atoms with van der Waals surface area (Å²) in [6.07, 6.45) is 2.53. The number of carbonyl (C=O) groups is 2. The number of nitrogens with zero attached hydrogens (tertiary/aromatic N) is 3. The summed E-state index contributed by atoms with van der Waals surface area (Å²) in [7, 11) is 0. The highest BCUT2D eigenvalue weighted by atomic mass is 35.5. The van der Waals surface area contributed by atoms with E-state index in [4.69, 9.17) is 17.3 Å². The molecule has 9 heteroatoms. The Balaban J connectivity index is 1.46. The second-order valence-corrected chi connectivity index (χ2v) is 8.29. The molecule has 0 bridgehead atoms. The maximum absolute atomic E-state index is 12.7. The first-order valence-electron chi connectivity index (χ1n) is 9.21. The first kappa shape index (κ1) is 20.1. The highest BCUT2D eigenvalue weighted by Crippen LogP contribution is 2.26. The van der Waals surface area contributed by atoms with Gasteiger partial charge in [0, 0.05) is 28.9 Å². The maximum Gasteiger partial charge on any atom is 0.273 e. The molecule has 4 rings (SSSR count). The number of hydrogen-bond donors (Lipinski definition) is 2. The summed E-state index contributed by atoms with van der Waals surface area (Å²) in [5.74, 6) is -0.938. The SMILES string of the molecule is NC(=O)[C@@H]1CC(C(=O)Nc2ncc(Cc3cccc(Cl)c3)s2)=NN1c1ccccc1. The normalized spacial score (nSPS) is 15.7. The lowest BCUT2D eigenvalue weighted by atomic mass is 10.1. The number of nitrogens with two attached hydrogens (primary N) is 1. The number of rotatable bonds is 6. The van der Waals surface area contributed by atoms with Crippen LogP contribution in [-0.2, 0) is 16.0 Å². The summed E-state index contributed by atoms with van der Waals surface area (Å²) in [5, 5.41) is 9.74. The lowest BCUT2D eigenvalue weighted by Gasteiger charge is -2.20. The molecule has 3 aromatic rings. The summed E-state index contributed by atoms with van der Waals surface area (Å²) in [6, 6.07) is 16.0. The van der Waals surface area contributed by atoms with Crippen LogP contribution in [0, 0.1) is 0 Å². The van der Waals surface area contributed by atoms with Crippen LogP contribution in [0.25, 0.3) is 0 Å². The van der Waals surface area contributed by atoms with Crippen LogP contribution < -0.4 is 16.1 Å². The minimum absolute atomic E-state index is 0.136. The molecule has 0 spiro atoms. The number of anilines is 2. The molecule has 1 aliphatic heterocycles. The molecule has 0 saturated heterocycles. The summed E-state index contributed by atoms with van der Waals surface area (Å²) in [6.45, 7) is 0. The predicted molar refractivity (Wildman–Crippen MR) is 119 cm³/mol. The van der Waals surface area contributed by atoms with Gasteiger partial charge in [-0.2, -0.15) is 5.10 Å². The molecule has 0 fully saturated rings.